The summed E-state index contributed by atoms with van der Waals surface area (Å²) in [5.74, 6) is -0.519. The molecule has 1 aromatic carbocycles. The maximum absolute atomic E-state index is 13.8. The molecule has 0 saturated carbocycles. The van der Waals surface area contributed by atoms with Gasteiger partial charge in [0.1, 0.15) is 0 Å². The average molecular weight is 382 g/mol. The molecular formula is C16H19FN4O4S. The molecule has 3 rings (SSSR count). The third-order valence-corrected chi connectivity index (χ3v) is 5.68. The van der Waals surface area contributed by atoms with Gasteiger partial charge in [0.15, 0.2) is 17.4 Å². The summed E-state index contributed by atoms with van der Waals surface area (Å²) >= 11 is 0. The fourth-order valence-corrected chi connectivity index (χ4v) is 4.21. The molecule has 0 amide bonds. The highest BCUT2D eigenvalue weighted by Gasteiger charge is 2.27. The van der Waals surface area contributed by atoms with E-state index in [0.29, 0.717) is 25.9 Å². The minimum atomic E-state index is -3.90. The first-order valence-electron chi connectivity index (χ1n) is 8.05. The highest BCUT2D eigenvalue weighted by Crippen LogP contribution is 2.22. The third-order valence-electron chi connectivity index (χ3n) is 4.17. The Labute approximate surface area is 150 Å². The molecule has 2 aromatic rings. The van der Waals surface area contributed by atoms with E-state index in [1.54, 1.807) is 4.90 Å². The Morgan fingerprint density at radius 2 is 2.23 bits per heavy atom. The molecule has 1 saturated heterocycles. The number of halogens is 1. The van der Waals surface area contributed by atoms with Crippen molar-refractivity contribution in [1.82, 2.24) is 14.7 Å². The smallest absolute Gasteiger partial charge is 0.290 e. The first-order valence-corrected chi connectivity index (χ1v) is 9.53. The summed E-state index contributed by atoms with van der Waals surface area (Å²) in [5.41, 5.74) is -0.326. The van der Waals surface area contributed by atoms with Gasteiger partial charge in [-0.05, 0) is 31.0 Å². The maximum Gasteiger partial charge on any atom is 0.290 e. The summed E-state index contributed by atoms with van der Waals surface area (Å²) in [7, 11) is -2.60. The molecule has 1 unspecified atom stereocenters. The second-order valence-electron chi connectivity index (χ2n) is 5.94. The van der Waals surface area contributed by atoms with Crippen LogP contribution in [0.3, 0.4) is 0 Å². The number of rotatable bonds is 5. The van der Waals surface area contributed by atoms with Crippen molar-refractivity contribution in [3.8, 4) is 5.75 Å². The number of piperidine rings is 1. The van der Waals surface area contributed by atoms with E-state index in [0.717, 1.165) is 6.07 Å². The molecule has 0 radical (unpaired) electrons. The normalized spacial score (nSPS) is 17.9. The zero-order valence-corrected chi connectivity index (χ0v) is 14.9. The number of hydrogen-bond donors (Lipinski definition) is 2. The van der Waals surface area contributed by atoms with Gasteiger partial charge in [-0.2, -0.15) is 0 Å². The number of ether oxygens (including phenoxy) is 1. The summed E-state index contributed by atoms with van der Waals surface area (Å²) in [6.45, 7) is 0.910. The fraction of sp³-hybridized carbons (Fsp3) is 0.375. The van der Waals surface area contributed by atoms with Crippen LogP contribution in [0.4, 0.5) is 10.2 Å². The molecule has 140 valence electrons. The quantitative estimate of drug-likeness (QED) is 0.795. The van der Waals surface area contributed by atoms with Crippen molar-refractivity contribution in [3.63, 3.8) is 0 Å². The lowest BCUT2D eigenvalue weighted by Crippen LogP contribution is -2.49. The molecule has 1 aliphatic heterocycles. The molecule has 2 N–H and O–H groups in total. The molecule has 8 nitrogen and oxygen atoms in total. The van der Waals surface area contributed by atoms with Crippen LogP contribution in [0.15, 0.2) is 40.3 Å². The van der Waals surface area contributed by atoms with Crippen LogP contribution in [-0.4, -0.2) is 44.6 Å². The van der Waals surface area contributed by atoms with Crippen LogP contribution in [-0.2, 0) is 10.0 Å². The van der Waals surface area contributed by atoms with Crippen LogP contribution in [0.1, 0.15) is 12.8 Å². The molecule has 0 aliphatic carbocycles. The van der Waals surface area contributed by atoms with E-state index in [1.165, 1.54) is 31.6 Å². The van der Waals surface area contributed by atoms with Crippen LogP contribution in [0.25, 0.3) is 0 Å². The van der Waals surface area contributed by atoms with Gasteiger partial charge >= 0.3 is 0 Å². The molecule has 1 aliphatic rings. The summed E-state index contributed by atoms with van der Waals surface area (Å²) in [5, 5.41) is 0. The Morgan fingerprint density at radius 3 is 2.92 bits per heavy atom. The van der Waals surface area contributed by atoms with Crippen LogP contribution in [0.2, 0.25) is 0 Å². The Balaban J connectivity index is 1.76. The lowest BCUT2D eigenvalue weighted by molar-refractivity contribution is 0.385. The van der Waals surface area contributed by atoms with Gasteiger partial charge in [0.25, 0.3) is 5.56 Å². The molecular weight excluding hydrogens is 363 g/mol. The molecule has 2 heterocycles. The molecule has 0 spiro atoms. The first-order chi connectivity index (χ1) is 12.4. The van der Waals surface area contributed by atoms with Gasteiger partial charge in [-0.25, -0.2) is 22.5 Å². The standard InChI is InChI=1S/C16H19FN4O4S/c1-25-14-5-4-12(9-13(14)17)26(23,24)20-11-3-2-8-21(10-11)15-16(22)19-7-6-18-15/h4-7,9,11,20H,2-3,8,10H2,1H3,(H,19,22). The predicted octanol–water partition coefficient (Wildman–Crippen LogP) is 0.865. The number of anilines is 1. The largest absolute Gasteiger partial charge is 0.494 e. The van der Waals surface area contributed by atoms with Crippen molar-refractivity contribution in [3.05, 3.63) is 46.8 Å². The molecule has 1 aromatic heterocycles. The second kappa shape index (κ2) is 7.42. The van der Waals surface area contributed by atoms with Gasteiger partial charge in [-0.15, -0.1) is 0 Å². The Kier molecular flexibility index (Phi) is 5.23. The number of nitrogens with one attached hydrogen (secondary N) is 2. The van der Waals surface area contributed by atoms with Gasteiger partial charge in [0, 0.05) is 31.5 Å². The van der Waals surface area contributed by atoms with Gasteiger partial charge < -0.3 is 14.6 Å². The highest BCUT2D eigenvalue weighted by atomic mass is 32.2. The van der Waals surface area contributed by atoms with E-state index in [1.807, 2.05) is 0 Å². The van der Waals surface area contributed by atoms with E-state index in [-0.39, 0.29) is 22.0 Å². The van der Waals surface area contributed by atoms with E-state index in [4.69, 9.17) is 4.74 Å². The molecule has 0 bridgehead atoms. The summed E-state index contributed by atoms with van der Waals surface area (Å²) < 4.78 is 46.3. The van der Waals surface area contributed by atoms with Gasteiger partial charge in [-0.3, -0.25) is 4.79 Å². The Morgan fingerprint density at radius 1 is 1.42 bits per heavy atom. The van der Waals surface area contributed by atoms with Crippen molar-refractivity contribution >= 4 is 15.8 Å². The number of benzene rings is 1. The van der Waals surface area contributed by atoms with Gasteiger partial charge in [0.05, 0.1) is 12.0 Å². The molecule has 26 heavy (non-hydrogen) atoms. The number of hydrogen-bond acceptors (Lipinski definition) is 6. The van der Waals surface area contributed by atoms with E-state index in [2.05, 4.69) is 14.7 Å². The maximum atomic E-state index is 13.8. The van der Waals surface area contributed by atoms with Gasteiger partial charge in [0.2, 0.25) is 10.0 Å². The number of sulfonamides is 1. The van der Waals surface area contributed by atoms with Crippen molar-refractivity contribution < 1.29 is 17.5 Å². The Hall–Kier alpha value is -2.46. The van der Waals surface area contributed by atoms with Crippen LogP contribution >= 0.6 is 0 Å². The summed E-state index contributed by atoms with van der Waals surface area (Å²) in [6, 6.07) is 3.06. The molecule has 10 heteroatoms. The average Bonchev–Trinajstić information content (AvgIpc) is 2.62. The number of nitrogens with zero attached hydrogens (tertiary/aromatic N) is 2. The lowest BCUT2D eigenvalue weighted by atomic mass is 10.1. The van der Waals surface area contributed by atoms with E-state index in [9.17, 15) is 17.6 Å². The van der Waals surface area contributed by atoms with Crippen molar-refractivity contribution in [2.24, 2.45) is 0 Å². The number of aromatic nitrogens is 2. The monoisotopic (exact) mass is 382 g/mol. The van der Waals surface area contributed by atoms with Crippen molar-refractivity contribution in [1.29, 1.82) is 0 Å². The minimum absolute atomic E-state index is 0.0258. The zero-order valence-electron chi connectivity index (χ0n) is 14.1. The van der Waals surface area contributed by atoms with Crippen molar-refractivity contribution in [2.45, 2.75) is 23.8 Å². The highest BCUT2D eigenvalue weighted by molar-refractivity contribution is 7.89. The molecule has 1 fully saturated rings. The van der Waals surface area contributed by atoms with Crippen molar-refractivity contribution in [2.75, 3.05) is 25.1 Å². The fourth-order valence-electron chi connectivity index (χ4n) is 2.94. The molecule has 1 atom stereocenters. The van der Waals surface area contributed by atoms with E-state index < -0.39 is 21.9 Å². The SMILES string of the molecule is COc1ccc(S(=O)(=O)NC2CCCN(c3ncc[nH]c3=O)C2)cc1F. The Bertz CT molecular complexity index is 947. The number of H-pyrrole nitrogens is 1. The van der Waals surface area contributed by atoms with Crippen LogP contribution in [0.5, 0.6) is 5.75 Å². The van der Waals surface area contributed by atoms with Crippen LogP contribution < -0.4 is 19.9 Å². The van der Waals surface area contributed by atoms with E-state index >= 15 is 0 Å². The second-order valence-corrected chi connectivity index (χ2v) is 7.66. The lowest BCUT2D eigenvalue weighted by Gasteiger charge is -2.33. The minimum Gasteiger partial charge on any atom is -0.494 e. The number of aromatic amines is 1. The zero-order chi connectivity index (χ0) is 18.7. The van der Waals surface area contributed by atoms with Crippen LogP contribution in [0, 0.1) is 5.82 Å². The summed E-state index contributed by atoms with van der Waals surface area (Å²) in [4.78, 5) is 20.1. The third kappa shape index (κ3) is 3.86. The first kappa shape index (κ1) is 18.3. The number of methoxy groups -OCH3 is 1. The topological polar surface area (TPSA) is 104 Å². The van der Waals surface area contributed by atoms with Gasteiger partial charge in [-0.1, -0.05) is 0 Å². The predicted molar refractivity (Wildman–Crippen MR) is 93.4 cm³/mol. The summed E-state index contributed by atoms with van der Waals surface area (Å²) in [6.07, 6.45) is 4.22.